The van der Waals surface area contributed by atoms with Crippen molar-refractivity contribution in [3.05, 3.63) is 53.1 Å². The number of benzene rings is 2. The van der Waals surface area contributed by atoms with E-state index in [1.807, 2.05) is 0 Å². The molecule has 108 valence electrons. The van der Waals surface area contributed by atoms with Crippen LogP contribution in [0.25, 0.3) is 11.1 Å². The van der Waals surface area contributed by atoms with Crippen molar-refractivity contribution in [1.82, 2.24) is 5.32 Å². The Morgan fingerprint density at radius 2 is 2.10 bits per heavy atom. The van der Waals surface area contributed by atoms with Crippen LogP contribution in [0.2, 0.25) is 0 Å². The summed E-state index contributed by atoms with van der Waals surface area (Å²) in [6.45, 7) is 0.858. The Balaban J connectivity index is 1.79. The SMILES string of the molecule is CNC1CCc2c(-c3ccc4c(c3)CCCO4)cccc21. The Hall–Kier alpha value is -1.80. The first kappa shape index (κ1) is 12.9. The Morgan fingerprint density at radius 1 is 1.14 bits per heavy atom. The minimum absolute atomic E-state index is 0.515. The molecule has 2 aromatic rings. The molecular weight excluding hydrogens is 258 g/mol. The van der Waals surface area contributed by atoms with Gasteiger partial charge in [-0.3, -0.25) is 0 Å². The van der Waals surface area contributed by atoms with E-state index in [4.69, 9.17) is 4.74 Å². The summed E-state index contributed by atoms with van der Waals surface area (Å²) in [6.07, 6.45) is 4.64. The molecule has 0 spiro atoms. The first-order valence-electron chi connectivity index (χ1n) is 7.92. The van der Waals surface area contributed by atoms with Crippen molar-refractivity contribution >= 4 is 0 Å². The lowest BCUT2D eigenvalue weighted by atomic mass is 9.94. The fourth-order valence-corrected chi connectivity index (χ4v) is 3.75. The summed E-state index contributed by atoms with van der Waals surface area (Å²) in [5, 5.41) is 3.43. The number of fused-ring (bicyclic) bond motifs is 2. The zero-order valence-electron chi connectivity index (χ0n) is 12.5. The van der Waals surface area contributed by atoms with Gasteiger partial charge >= 0.3 is 0 Å². The Labute approximate surface area is 126 Å². The summed E-state index contributed by atoms with van der Waals surface area (Å²) >= 11 is 0. The van der Waals surface area contributed by atoms with Gasteiger partial charge in [-0.2, -0.15) is 0 Å². The zero-order valence-corrected chi connectivity index (χ0v) is 12.5. The second-order valence-electron chi connectivity index (χ2n) is 6.03. The van der Waals surface area contributed by atoms with Gasteiger partial charge in [0, 0.05) is 6.04 Å². The van der Waals surface area contributed by atoms with Crippen molar-refractivity contribution in [2.24, 2.45) is 0 Å². The highest BCUT2D eigenvalue weighted by Crippen LogP contribution is 2.39. The van der Waals surface area contributed by atoms with E-state index in [0.29, 0.717) is 6.04 Å². The summed E-state index contributed by atoms with van der Waals surface area (Å²) in [5.74, 6) is 1.07. The topological polar surface area (TPSA) is 21.3 Å². The fourth-order valence-electron chi connectivity index (χ4n) is 3.75. The van der Waals surface area contributed by atoms with Gasteiger partial charge in [-0.05, 0) is 72.7 Å². The molecule has 2 heteroatoms. The third kappa shape index (κ3) is 2.14. The molecule has 21 heavy (non-hydrogen) atoms. The average Bonchev–Trinajstić information content (AvgIpc) is 2.97. The molecule has 1 unspecified atom stereocenters. The van der Waals surface area contributed by atoms with E-state index < -0.39 is 0 Å². The molecule has 0 aromatic heterocycles. The van der Waals surface area contributed by atoms with Gasteiger partial charge in [-0.15, -0.1) is 0 Å². The van der Waals surface area contributed by atoms with Crippen LogP contribution in [0.4, 0.5) is 0 Å². The number of aryl methyl sites for hydroxylation is 1. The van der Waals surface area contributed by atoms with Crippen molar-refractivity contribution in [3.8, 4) is 16.9 Å². The van der Waals surface area contributed by atoms with Crippen molar-refractivity contribution in [2.45, 2.75) is 31.7 Å². The standard InChI is InChI=1S/C19H21NO/c1-20-18-9-8-16-15(5-2-6-17(16)18)13-7-10-19-14(12-13)4-3-11-21-19/h2,5-7,10,12,18,20H,3-4,8-9,11H2,1H3. The molecule has 1 atom stereocenters. The Bertz CT molecular complexity index is 677. The molecule has 1 heterocycles. The molecule has 0 saturated carbocycles. The molecule has 0 fully saturated rings. The molecule has 1 N–H and O–H groups in total. The third-order valence-electron chi connectivity index (χ3n) is 4.84. The molecule has 0 bridgehead atoms. The van der Waals surface area contributed by atoms with Crippen LogP contribution in [0, 0.1) is 0 Å². The lowest BCUT2D eigenvalue weighted by Gasteiger charge is -2.19. The number of nitrogens with one attached hydrogen (secondary N) is 1. The van der Waals surface area contributed by atoms with Crippen LogP contribution in [0.3, 0.4) is 0 Å². The quantitative estimate of drug-likeness (QED) is 0.900. The molecule has 1 aliphatic heterocycles. The van der Waals surface area contributed by atoms with Gasteiger partial charge in [0.1, 0.15) is 5.75 Å². The lowest BCUT2D eigenvalue weighted by molar-refractivity contribution is 0.288. The minimum atomic E-state index is 0.515. The van der Waals surface area contributed by atoms with Gasteiger partial charge in [0.2, 0.25) is 0 Å². The van der Waals surface area contributed by atoms with Crippen LogP contribution < -0.4 is 10.1 Å². The summed E-state index contributed by atoms with van der Waals surface area (Å²) < 4.78 is 5.73. The molecule has 4 rings (SSSR count). The Kier molecular flexibility index (Phi) is 3.19. The largest absolute Gasteiger partial charge is 0.493 e. The molecular formula is C19H21NO. The number of hydrogen-bond acceptors (Lipinski definition) is 2. The van der Waals surface area contributed by atoms with Crippen LogP contribution in [0.1, 0.15) is 35.6 Å². The van der Waals surface area contributed by atoms with E-state index in [9.17, 15) is 0 Å². The van der Waals surface area contributed by atoms with Gasteiger partial charge in [0.15, 0.2) is 0 Å². The van der Waals surface area contributed by atoms with E-state index in [2.05, 4.69) is 48.8 Å². The minimum Gasteiger partial charge on any atom is -0.493 e. The van der Waals surface area contributed by atoms with Crippen molar-refractivity contribution in [1.29, 1.82) is 0 Å². The highest BCUT2D eigenvalue weighted by Gasteiger charge is 2.23. The summed E-state index contributed by atoms with van der Waals surface area (Å²) in [7, 11) is 2.06. The van der Waals surface area contributed by atoms with Gasteiger partial charge in [-0.1, -0.05) is 24.3 Å². The van der Waals surface area contributed by atoms with Crippen LogP contribution in [0.15, 0.2) is 36.4 Å². The predicted molar refractivity (Wildman–Crippen MR) is 85.8 cm³/mol. The summed E-state index contributed by atoms with van der Waals surface area (Å²) in [5.41, 5.74) is 7.10. The molecule has 2 nitrogen and oxygen atoms in total. The predicted octanol–water partition coefficient (Wildman–Crippen LogP) is 3.89. The smallest absolute Gasteiger partial charge is 0.122 e. The maximum atomic E-state index is 5.73. The normalized spacial score (nSPS) is 19.8. The molecule has 0 saturated heterocycles. The number of rotatable bonds is 2. The van der Waals surface area contributed by atoms with E-state index in [1.54, 1.807) is 0 Å². The number of hydrogen-bond donors (Lipinski definition) is 1. The van der Waals surface area contributed by atoms with Gasteiger partial charge < -0.3 is 10.1 Å². The lowest BCUT2D eigenvalue weighted by Crippen LogP contribution is -2.12. The van der Waals surface area contributed by atoms with Crippen molar-refractivity contribution in [2.75, 3.05) is 13.7 Å². The molecule has 2 aromatic carbocycles. The van der Waals surface area contributed by atoms with Gasteiger partial charge in [0.25, 0.3) is 0 Å². The van der Waals surface area contributed by atoms with E-state index in [-0.39, 0.29) is 0 Å². The van der Waals surface area contributed by atoms with Gasteiger partial charge in [0.05, 0.1) is 6.61 Å². The maximum Gasteiger partial charge on any atom is 0.122 e. The molecule has 1 aliphatic carbocycles. The second-order valence-corrected chi connectivity index (χ2v) is 6.03. The third-order valence-corrected chi connectivity index (χ3v) is 4.84. The van der Waals surface area contributed by atoms with Gasteiger partial charge in [-0.25, -0.2) is 0 Å². The van der Waals surface area contributed by atoms with Crippen LogP contribution in [-0.2, 0) is 12.8 Å². The highest BCUT2D eigenvalue weighted by atomic mass is 16.5. The van der Waals surface area contributed by atoms with E-state index >= 15 is 0 Å². The molecule has 0 amide bonds. The first-order chi connectivity index (χ1) is 10.4. The number of ether oxygens (including phenoxy) is 1. The monoisotopic (exact) mass is 279 g/mol. The van der Waals surface area contributed by atoms with Crippen molar-refractivity contribution in [3.63, 3.8) is 0 Å². The maximum absolute atomic E-state index is 5.73. The second kappa shape index (κ2) is 5.19. The first-order valence-corrected chi connectivity index (χ1v) is 7.92. The van der Waals surface area contributed by atoms with Crippen LogP contribution in [-0.4, -0.2) is 13.7 Å². The van der Waals surface area contributed by atoms with Crippen LogP contribution >= 0.6 is 0 Å². The summed E-state index contributed by atoms with van der Waals surface area (Å²) in [6, 6.07) is 13.9. The highest BCUT2D eigenvalue weighted by molar-refractivity contribution is 5.71. The van der Waals surface area contributed by atoms with E-state index in [0.717, 1.165) is 25.2 Å². The molecule has 2 aliphatic rings. The van der Waals surface area contributed by atoms with Crippen molar-refractivity contribution < 1.29 is 4.74 Å². The fraction of sp³-hybridized carbons (Fsp3) is 0.368. The van der Waals surface area contributed by atoms with Crippen LogP contribution in [0.5, 0.6) is 5.75 Å². The average molecular weight is 279 g/mol. The summed E-state index contributed by atoms with van der Waals surface area (Å²) in [4.78, 5) is 0. The Morgan fingerprint density at radius 3 is 3.00 bits per heavy atom. The zero-order chi connectivity index (χ0) is 14.2. The van der Waals surface area contributed by atoms with E-state index in [1.165, 1.54) is 40.7 Å². The molecule has 0 radical (unpaired) electrons.